The molecule has 0 aromatic heterocycles. The Kier molecular flexibility index (Phi) is 6.73. The molecular weight excluding hydrogens is 296 g/mol. The van der Waals surface area contributed by atoms with E-state index in [1.165, 1.54) is 22.9 Å². The average molecular weight is 322 g/mol. The molecule has 1 aliphatic rings. The first-order valence-corrected chi connectivity index (χ1v) is 8.97. The molecule has 1 heterocycles. The van der Waals surface area contributed by atoms with E-state index < -0.39 is 0 Å². The van der Waals surface area contributed by atoms with Gasteiger partial charge in [0.15, 0.2) is 0 Å². The highest BCUT2D eigenvalue weighted by Crippen LogP contribution is 2.20. The van der Waals surface area contributed by atoms with E-state index in [1.807, 2.05) is 5.01 Å². The normalized spacial score (nSPS) is 17.8. The van der Waals surface area contributed by atoms with Crippen LogP contribution in [0.5, 0.6) is 0 Å². The molecule has 1 amide bonds. The summed E-state index contributed by atoms with van der Waals surface area (Å²) in [6.45, 7) is 6.26. The van der Waals surface area contributed by atoms with Gasteiger partial charge < -0.3 is 5.11 Å². The maximum absolute atomic E-state index is 12.1. The fourth-order valence-corrected chi connectivity index (χ4v) is 3.37. The van der Waals surface area contributed by atoms with Gasteiger partial charge in [0.2, 0.25) is 0 Å². The SMILES string of the molecule is Cc1ccc(CCCN2C(=O)SCCN2CCC(C)O)cc1. The Morgan fingerprint density at radius 1 is 1.27 bits per heavy atom. The molecule has 0 radical (unpaired) electrons. The Bertz CT molecular complexity index is 476. The number of aliphatic hydroxyl groups excluding tert-OH is 1. The summed E-state index contributed by atoms with van der Waals surface area (Å²) in [5.74, 6) is 0.840. The number of hydrogen-bond donors (Lipinski definition) is 1. The van der Waals surface area contributed by atoms with Crippen LogP contribution < -0.4 is 0 Å². The van der Waals surface area contributed by atoms with Gasteiger partial charge in [-0.15, -0.1) is 0 Å². The van der Waals surface area contributed by atoms with Crippen LogP contribution in [0.4, 0.5) is 4.79 Å². The Hall–Kier alpha value is -1.04. The number of amides is 1. The minimum Gasteiger partial charge on any atom is -0.393 e. The van der Waals surface area contributed by atoms with Gasteiger partial charge in [-0.2, -0.15) is 0 Å². The zero-order valence-corrected chi connectivity index (χ0v) is 14.3. The first-order valence-electron chi connectivity index (χ1n) is 7.99. The molecule has 0 bridgehead atoms. The quantitative estimate of drug-likeness (QED) is 0.838. The molecule has 1 N–H and O–H groups in total. The van der Waals surface area contributed by atoms with Crippen LogP contribution in [0.1, 0.15) is 30.9 Å². The standard InChI is InChI=1S/C17H26N2O2S/c1-14-5-7-16(8-6-14)4-3-10-19-17(21)22-13-12-18(19)11-9-15(2)20/h5-8,15,20H,3-4,9-13H2,1-2H3. The van der Waals surface area contributed by atoms with Crippen LogP contribution in [0.2, 0.25) is 0 Å². The minimum atomic E-state index is -0.320. The van der Waals surface area contributed by atoms with Crippen molar-refractivity contribution < 1.29 is 9.90 Å². The largest absolute Gasteiger partial charge is 0.393 e. The van der Waals surface area contributed by atoms with Crippen molar-refractivity contribution in [3.63, 3.8) is 0 Å². The summed E-state index contributed by atoms with van der Waals surface area (Å²) in [4.78, 5) is 12.1. The van der Waals surface area contributed by atoms with E-state index in [1.54, 1.807) is 6.92 Å². The number of hydrazine groups is 1. The number of thioether (sulfide) groups is 1. The first kappa shape index (κ1) is 17.3. The third kappa shape index (κ3) is 5.30. The molecular formula is C17H26N2O2S. The van der Waals surface area contributed by atoms with E-state index in [2.05, 4.69) is 36.2 Å². The molecule has 1 aromatic carbocycles. The second-order valence-corrected chi connectivity index (χ2v) is 6.96. The molecule has 22 heavy (non-hydrogen) atoms. The molecule has 1 atom stereocenters. The van der Waals surface area contributed by atoms with E-state index in [0.29, 0.717) is 6.42 Å². The molecule has 0 aliphatic carbocycles. The second kappa shape index (κ2) is 8.56. The number of hydrogen-bond acceptors (Lipinski definition) is 4. The Labute approximate surface area is 137 Å². The summed E-state index contributed by atoms with van der Waals surface area (Å²) in [6.07, 6.45) is 2.32. The summed E-state index contributed by atoms with van der Waals surface area (Å²) in [6, 6.07) is 8.58. The molecule has 122 valence electrons. The van der Waals surface area contributed by atoms with Crippen molar-refractivity contribution in [3.8, 4) is 0 Å². The molecule has 1 aromatic rings. The molecule has 1 fully saturated rings. The molecule has 0 saturated carbocycles. The monoisotopic (exact) mass is 322 g/mol. The van der Waals surface area contributed by atoms with Crippen molar-refractivity contribution in [3.05, 3.63) is 35.4 Å². The number of aryl methyl sites for hydroxylation is 2. The average Bonchev–Trinajstić information content (AvgIpc) is 2.49. The van der Waals surface area contributed by atoms with Crippen LogP contribution in [0, 0.1) is 6.92 Å². The van der Waals surface area contributed by atoms with Gasteiger partial charge in [-0.25, -0.2) is 5.01 Å². The van der Waals surface area contributed by atoms with Gasteiger partial charge >= 0.3 is 0 Å². The zero-order chi connectivity index (χ0) is 15.9. The number of carbonyl (C=O) groups excluding carboxylic acids is 1. The summed E-state index contributed by atoms with van der Waals surface area (Å²) in [5, 5.41) is 13.6. The van der Waals surface area contributed by atoms with Crippen LogP contribution in [0.3, 0.4) is 0 Å². The molecule has 2 rings (SSSR count). The van der Waals surface area contributed by atoms with Crippen molar-refractivity contribution >= 4 is 17.0 Å². The number of benzene rings is 1. The highest BCUT2D eigenvalue weighted by atomic mass is 32.2. The summed E-state index contributed by atoms with van der Waals surface area (Å²) in [7, 11) is 0. The molecule has 5 heteroatoms. The fraction of sp³-hybridized carbons (Fsp3) is 0.588. The maximum atomic E-state index is 12.1. The van der Waals surface area contributed by atoms with Gasteiger partial charge in [0, 0.05) is 25.4 Å². The maximum Gasteiger partial charge on any atom is 0.296 e. The lowest BCUT2D eigenvalue weighted by molar-refractivity contribution is 0.0150. The predicted molar refractivity (Wildman–Crippen MR) is 91.9 cm³/mol. The van der Waals surface area contributed by atoms with E-state index in [-0.39, 0.29) is 11.3 Å². The van der Waals surface area contributed by atoms with Gasteiger partial charge in [-0.05, 0) is 38.7 Å². The first-order chi connectivity index (χ1) is 10.6. The Morgan fingerprint density at radius 2 is 2.00 bits per heavy atom. The topological polar surface area (TPSA) is 43.8 Å². The van der Waals surface area contributed by atoms with Crippen LogP contribution in [0.15, 0.2) is 24.3 Å². The van der Waals surface area contributed by atoms with Gasteiger partial charge in [-0.3, -0.25) is 9.80 Å². The van der Waals surface area contributed by atoms with E-state index >= 15 is 0 Å². The lowest BCUT2D eigenvalue weighted by atomic mass is 10.1. The number of aliphatic hydroxyl groups is 1. The molecule has 1 saturated heterocycles. The van der Waals surface area contributed by atoms with E-state index in [4.69, 9.17) is 0 Å². The van der Waals surface area contributed by atoms with Gasteiger partial charge in [0.1, 0.15) is 0 Å². The second-order valence-electron chi connectivity index (χ2n) is 5.92. The molecule has 4 nitrogen and oxygen atoms in total. The Balaban J connectivity index is 1.84. The lowest BCUT2D eigenvalue weighted by Gasteiger charge is -2.38. The van der Waals surface area contributed by atoms with Crippen molar-refractivity contribution in [2.45, 2.75) is 39.2 Å². The molecule has 1 aliphatic heterocycles. The number of nitrogens with zero attached hydrogens (tertiary/aromatic N) is 2. The van der Waals surface area contributed by atoms with Gasteiger partial charge in [0.25, 0.3) is 5.24 Å². The van der Waals surface area contributed by atoms with Crippen molar-refractivity contribution in [1.82, 2.24) is 10.0 Å². The van der Waals surface area contributed by atoms with Gasteiger partial charge in [0.05, 0.1) is 6.10 Å². The van der Waals surface area contributed by atoms with Crippen molar-refractivity contribution in [2.75, 3.05) is 25.4 Å². The number of carbonyl (C=O) groups is 1. The smallest absolute Gasteiger partial charge is 0.296 e. The fourth-order valence-electron chi connectivity index (χ4n) is 2.54. The summed E-state index contributed by atoms with van der Waals surface area (Å²) < 4.78 is 0. The summed E-state index contributed by atoms with van der Waals surface area (Å²) >= 11 is 1.40. The Morgan fingerprint density at radius 3 is 2.68 bits per heavy atom. The highest BCUT2D eigenvalue weighted by molar-refractivity contribution is 8.13. The van der Waals surface area contributed by atoms with E-state index in [0.717, 1.165) is 38.2 Å². The van der Waals surface area contributed by atoms with Gasteiger partial charge in [-0.1, -0.05) is 41.6 Å². The third-order valence-corrected chi connectivity index (χ3v) is 4.73. The number of rotatable bonds is 7. The van der Waals surface area contributed by atoms with Crippen LogP contribution in [0.25, 0.3) is 0 Å². The van der Waals surface area contributed by atoms with Crippen LogP contribution >= 0.6 is 11.8 Å². The van der Waals surface area contributed by atoms with Crippen molar-refractivity contribution in [1.29, 1.82) is 0 Å². The van der Waals surface area contributed by atoms with Crippen LogP contribution in [-0.4, -0.2) is 51.9 Å². The zero-order valence-electron chi connectivity index (χ0n) is 13.5. The highest BCUT2D eigenvalue weighted by Gasteiger charge is 2.26. The van der Waals surface area contributed by atoms with Crippen LogP contribution in [-0.2, 0) is 6.42 Å². The van der Waals surface area contributed by atoms with E-state index in [9.17, 15) is 9.90 Å². The summed E-state index contributed by atoms with van der Waals surface area (Å²) in [5.41, 5.74) is 2.59. The molecule has 1 unspecified atom stereocenters. The molecule has 0 spiro atoms. The predicted octanol–water partition coefficient (Wildman–Crippen LogP) is 3.08. The third-order valence-electron chi connectivity index (χ3n) is 3.89. The van der Waals surface area contributed by atoms with Crippen molar-refractivity contribution in [2.24, 2.45) is 0 Å². The minimum absolute atomic E-state index is 0.140. The lowest BCUT2D eigenvalue weighted by Crippen LogP contribution is -2.50.